The van der Waals surface area contributed by atoms with Crippen LogP contribution in [0.1, 0.15) is 18.9 Å². The zero-order valence-corrected chi connectivity index (χ0v) is 11.0. The monoisotopic (exact) mass is 269 g/mol. The highest BCUT2D eigenvalue weighted by Crippen LogP contribution is 2.29. The summed E-state index contributed by atoms with van der Waals surface area (Å²) in [6.07, 6.45) is 1.79. The van der Waals surface area contributed by atoms with E-state index in [2.05, 4.69) is 10.3 Å². The van der Waals surface area contributed by atoms with Crippen LogP contribution in [0.5, 0.6) is 0 Å². The summed E-state index contributed by atoms with van der Waals surface area (Å²) in [5.74, 6) is -2.82. The summed E-state index contributed by atoms with van der Waals surface area (Å²) in [6, 6.07) is 2.55. The van der Waals surface area contributed by atoms with Crippen LogP contribution in [-0.4, -0.2) is 40.8 Å². The number of likely N-dealkylation sites (tertiary alicyclic amines) is 1. The second kappa shape index (κ2) is 5.11. The normalized spacial score (nSPS) is 22.1. The van der Waals surface area contributed by atoms with Crippen LogP contribution < -0.4 is 5.32 Å². The molecule has 19 heavy (non-hydrogen) atoms. The van der Waals surface area contributed by atoms with E-state index in [1.165, 1.54) is 11.8 Å². The highest BCUT2D eigenvalue weighted by Gasteiger charge is 2.45. The Kier molecular flexibility index (Phi) is 3.68. The molecule has 1 atom stereocenters. The molecular weight excluding hydrogens is 252 g/mol. The fourth-order valence-electron chi connectivity index (χ4n) is 2.18. The van der Waals surface area contributed by atoms with Gasteiger partial charge < -0.3 is 10.2 Å². The molecule has 0 aromatic carbocycles. The molecule has 0 spiro atoms. The van der Waals surface area contributed by atoms with Crippen molar-refractivity contribution < 1.29 is 13.6 Å². The molecule has 1 unspecified atom stereocenters. The Morgan fingerprint density at radius 3 is 2.89 bits per heavy atom. The Morgan fingerprint density at radius 1 is 1.58 bits per heavy atom. The largest absolute Gasteiger partial charge is 0.361 e. The molecule has 1 aliphatic heterocycles. The van der Waals surface area contributed by atoms with Crippen molar-refractivity contribution in [2.24, 2.45) is 0 Å². The van der Waals surface area contributed by atoms with Gasteiger partial charge in [0.15, 0.2) is 0 Å². The molecule has 0 aliphatic carbocycles. The molecule has 1 fully saturated rings. The third-order valence-corrected chi connectivity index (χ3v) is 3.28. The molecule has 0 radical (unpaired) electrons. The maximum atomic E-state index is 14.0. The topological polar surface area (TPSA) is 45.2 Å². The number of hydrogen-bond acceptors (Lipinski definition) is 3. The van der Waals surface area contributed by atoms with Gasteiger partial charge in [-0.05, 0) is 31.0 Å². The maximum Gasteiger partial charge on any atom is 0.285 e. The Balaban J connectivity index is 2.07. The molecule has 1 N–H and O–H groups in total. The molecule has 2 rings (SSSR count). The van der Waals surface area contributed by atoms with Gasteiger partial charge in [-0.3, -0.25) is 4.79 Å². The molecule has 1 aromatic heterocycles. The summed E-state index contributed by atoms with van der Waals surface area (Å²) >= 11 is 0. The first-order valence-electron chi connectivity index (χ1n) is 6.21. The van der Waals surface area contributed by atoms with E-state index < -0.39 is 18.5 Å². The number of alkyl halides is 2. The molecule has 6 heteroatoms. The third kappa shape index (κ3) is 3.19. The molecule has 104 valence electrons. The molecular formula is C13H17F2N3O. The summed E-state index contributed by atoms with van der Waals surface area (Å²) in [4.78, 5) is 16.4. The zero-order valence-electron chi connectivity index (χ0n) is 11.0. The first-order valence-corrected chi connectivity index (χ1v) is 6.21. The first-order chi connectivity index (χ1) is 8.88. The lowest BCUT2D eigenvalue weighted by Gasteiger charge is -2.38. The average Bonchev–Trinajstić information content (AvgIpc) is 2.31. The second-order valence-electron chi connectivity index (χ2n) is 4.91. The average molecular weight is 269 g/mol. The Labute approximate surface area is 110 Å². The minimum absolute atomic E-state index is 0.211. The highest BCUT2D eigenvalue weighted by molar-refractivity contribution is 5.73. The van der Waals surface area contributed by atoms with Crippen LogP contribution in [0.4, 0.5) is 14.6 Å². The van der Waals surface area contributed by atoms with Gasteiger partial charge in [0.05, 0.1) is 12.6 Å². The van der Waals surface area contributed by atoms with Crippen LogP contribution >= 0.6 is 0 Å². The van der Waals surface area contributed by atoms with Gasteiger partial charge in [0.2, 0.25) is 5.91 Å². The number of carbonyl (C=O) groups is 1. The van der Waals surface area contributed by atoms with Crippen molar-refractivity contribution in [1.82, 2.24) is 9.88 Å². The van der Waals surface area contributed by atoms with E-state index in [1.807, 2.05) is 13.0 Å². The number of anilines is 1. The fraction of sp³-hybridized carbons (Fsp3) is 0.538. The lowest BCUT2D eigenvalue weighted by atomic mass is 10.0. The molecule has 2 heterocycles. The van der Waals surface area contributed by atoms with Crippen LogP contribution in [0.3, 0.4) is 0 Å². The Morgan fingerprint density at radius 2 is 2.32 bits per heavy atom. The summed E-state index contributed by atoms with van der Waals surface area (Å²) in [5, 5.41) is 2.77. The van der Waals surface area contributed by atoms with Crippen LogP contribution in [0.15, 0.2) is 18.3 Å². The molecule has 1 aliphatic rings. The standard InChI is InChI=1S/C13H17F2N3O/c1-9-3-5-16-12(7-9)17-11-4-6-18(10(2)19)8-13(11,14)15/h3,5,7,11H,4,6,8H2,1-2H3,(H,16,17). The van der Waals surface area contributed by atoms with E-state index in [1.54, 1.807) is 12.3 Å². The summed E-state index contributed by atoms with van der Waals surface area (Å²) in [6.45, 7) is 3.00. The van der Waals surface area contributed by atoms with Gasteiger partial charge >= 0.3 is 0 Å². The minimum atomic E-state index is -2.95. The number of piperidine rings is 1. The van der Waals surface area contributed by atoms with Crippen LogP contribution in [0, 0.1) is 6.92 Å². The van der Waals surface area contributed by atoms with E-state index in [4.69, 9.17) is 0 Å². The number of pyridine rings is 1. The number of halogens is 2. The quantitative estimate of drug-likeness (QED) is 0.894. The van der Waals surface area contributed by atoms with E-state index in [-0.39, 0.29) is 12.3 Å². The van der Waals surface area contributed by atoms with Gasteiger partial charge in [-0.15, -0.1) is 0 Å². The van der Waals surface area contributed by atoms with Crippen molar-refractivity contribution in [3.05, 3.63) is 23.9 Å². The van der Waals surface area contributed by atoms with Crippen molar-refractivity contribution in [2.45, 2.75) is 32.2 Å². The van der Waals surface area contributed by atoms with E-state index in [0.29, 0.717) is 12.4 Å². The van der Waals surface area contributed by atoms with Gasteiger partial charge in [-0.25, -0.2) is 13.8 Å². The van der Waals surface area contributed by atoms with Crippen molar-refractivity contribution in [1.29, 1.82) is 0 Å². The number of rotatable bonds is 2. The predicted octanol–water partition coefficient (Wildman–Crippen LogP) is 2.06. The minimum Gasteiger partial charge on any atom is -0.361 e. The van der Waals surface area contributed by atoms with E-state index >= 15 is 0 Å². The smallest absolute Gasteiger partial charge is 0.285 e. The third-order valence-electron chi connectivity index (χ3n) is 3.28. The van der Waals surface area contributed by atoms with Crippen molar-refractivity contribution >= 4 is 11.7 Å². The van der Waals surface area contributed by atoms with E-state index in [9.17, 15) is 13.6 Å². The van der Waals surface area contributed by atoms with Gasteiger partial charge in [-0.1, -0.05) is 0 Å². The van der Waals surface area contributed by atoms with Crippen LogP contribution in [0.2, 0.25) is 0 Å². The SMILES string of the molecule is CC(=O)N1CCC(Nc2cc(C)ccn2)C(F)(F)C1. The number of nitrogens with one attached hydrogen (secondary N) is 1. The highest BCUT2D eigenvalue weighted by atomic mass is 19.3. The number of carbonyl (C=O) groups excluding carboxylic acids is 1. The predicted molar refractivity (Wildman–Crippen MR) is 68.2 cm³/mol. The first kappa shape index (κ1) is 13.7. The van der Waals surface area contributed by atoms with Gasteiger partial charge in [0.25, 0.3) is 5.92 Å². The lowest BCUT2D eigenvalue weighted by Crippen LogP contribution is -2.55. The number of hydrogen-bond donors (Lipinski definition) is 1. The Bertz CT molecular complexity index is 479. The van der Waals surface area contributed by atoms with Crippen LogP contribution in [0.25, 0.3) is 0 Å². The van der Waals surface area contributed by atoms with Crippen molar-refractivity contribution in [2.75, 3.05) is 18.4 Å². The molecule has 1 saturated heterocycles. The molecule has 4 nitrogen and oxygen atoms in total. The molecule has 1 aromatic rings. The van der Waals surface area contributed by atoms with Crippen LogP contribution in [-0.2, 0) is 4.79 Å². The summed E-state index contributed by atoms with van der Waals surface area (Å²) in [5.41, 5.74) is 0.960. The summed E-state index contributed by atoms with van der Waals surface area (Å²) < 4.78 is 28.0. The maximum absolute atomic E-state index is 14.0. The van der Waals surface area contributed by atoms with Gasteiger partial charge in [0.1, 0.15) is 5.82 Å². The molecule has 1 amide bonds. The fourth-order valence-corrected chi connectivity index (χ4v) is 2.18. The number of aryl methyl sites for hydroxylation is 1. The van der Waals surface area contributed by atoms with Gasteiger partial charge in [-0.2, -0.15) is 0 Å². The van der Waals surface area contributed by atoms with E-state index in [0.717, 1.165) is 5.56 Å². The molecule has 0 bridgehead atoms. The Hall–Kier alpha value is -1.72. The number of nitrogens with zero attached hydrogens (tertiary/aromatic N) is 2. The molecule has 0 saturated carbocycles. The summed E-state index contributed by atoms with van der Waals surface area (Å²) in [7, 11) is 0. The van der Waals surface area contributed by atoms with Crippen molar-refractivity contribution in [3.63, 3.8) is 0 Å². The lowest BCUT2D eigenvalue weighted by molar-refractivity contribution is -0.140. The van der Waals surface area contributed by atoms with Crippen molar-refractivity contribution in [3.8, 4) is 0 Å². The van der Waals surface area contributed by atoms with Gasteiger partial charge in [0, 0.05) is 19.7 Å². The zero-order chi connectivity index (χ0) is 14.0. The second-order valence-corrected chi connectivity index (χ2v) is 4.91. The number of amides is 1. The number of aromatic nitrogens is 1.